The maximum absolute atomic E-state index is 11.0. The summed E-state index contributed by atoms with van der Waals surface area (Å²) < 4.78 is 5.99. The zero-order chi connectivity index (χ0) is 28.4. The van der Waals surface area contributed by atoms with Crippen LogP contribution in [0.5, 0.6) is 23.0 Å². The summed E-state index contributed by atoms with van der Waals surface area (Å²) in [5, 5.41) is 43.2. The summed E-state index contributed by atoms with van der Waals surface area (Å²) in [5.74, 6) is 0.801. The number of hydrogen-bond acceptors (Lipinski definition) is 5. The molecule has 0 heterocycles. The number of ether oxygens (including phenoxy) is 1. The molecule has 0 amide bonds. The highest BCUT2D eigenvalue weighted by Crippen LogP contribution is 2.34. The van der Waals surface area contributed by atoms with Crippen LogP contribution in [0.4, 0.5) is 0 Å². The lowest BCUT2D eigenvalue weighted by atomic mass is 9.95. The van der Waals surface area contributed by atoms with E-state index >= 15 is 0 Å². The van der Waals surface area contributed by atoms with Gasteiger partial charge in [0.05, 0.1) is 13.2 Å². The molecule has 4 N–H and O–H groups in total. The van der Waals surface area contributed by atoms with Gasteiger partial charge in [-0.15, -0.1) is 0 Å². The first kappa shape index (κ1) is 28.1. The van der Waals surface area contributed by atoms with E-state index in [-0.39, 0.29) is 36.2 Å². The Labute approximate surface area is 231 Å². The van der Waals surface area contributed by atoms with Crippen molar-refractivity contribution in [2.75, 3.05) is 0 Å². The molecule has 0 fully saturated rings. The highest BCUT2D eigenvalue weighted by atomic mass is 16.5. The van der Waals surface area contributed by atoms with Gasteiger partial charge in [-0.1, -0.05) is 70.8 Å². The largest absolute Gasteiger partial charge is 0.507 e. The van der Waals surface area contributed by atoms with Crippen LogP contribution < -0.4 is 0 Å². The normalized spacial score (nSPS) is 11.2. The summed E-state index contributed by atoms with van der Waals surface area (Å²) in [6.07, 6.45) is 0.810. The van der Waals surface area contributed by atoms with E-state index in [0.29, 0.717) is 24.0 Å². The smallest absolute Gasteiger partial charge is 0.124 e. The van der Waals surface area contributed by atoms with Crippen molar-refractivity contribution in [3.05, 3.63) is 115 Å². The molecule has 0 aliphatic carbocycles. The molecule has 5 nitrogen and oxygen atoms in total. The van der Waals surface area contributed by atoms with Crippen LogP contribution in [0.25, 0.3) is 0 Å². The number of hydrogen-bond donors (Lipinski definition) is 4. The van der Waals surface area contributed by atoms with Crippen molar-refractivity contribution < 1.29 is 25.2 Å². The molecule has 0 unspecified atom stereocenters. The lowest BCUT2D eigenvalue weighted by molar-refractivity contribution is 0.103. The Morgan fingerprint density at radius 2 is 0.692 bits per heavy atom. The van der Waals surface area contributed by atoms with Crippen molar-refractivity contribution in [1.82, 2.24) is 0 Å². The Kier molecular flexibility index (Phi) is 8.22. The molecule has 0 aliphatic rings. The molecule has 0 aliphatic heterocycles. The number of phenols is 4. The fourth-order valence-electron chi connectivity index (χ4n) is 5.40. The summed E-state index contributed by atoms with van der Waals surface area (Å²) in [7, 11) is 0. The highest BCUT2D eigenvalue weighted by molar-refractivity contribution is 5.51. The second-order valence-corrected chi connectivity index (χ2v) is 10.9. The molecule has 0 radical (unpaired) electrons. The molecule has 0 saturated carbocycles. The van der Waals surface area contributed by atoms with E-state index < -0.39 is 0 Å². The topological polar surface area (TPSA) is 90.2 Å². The quantitative estimate of drug-likeness (QED) is 0.194. The second kappa shape index (κ2) is 11.4. The van der Waals surface area contributed by atoms with Crippen molar-refractivity contribution in [2.24, 2.45) is 0 Å². The van der Waals surface area contributed by atoms with Gasteiger partial charge in [0.1, 0.15) is 23.0 Å². The van der Waals surface area contributed by atoms with Gasteiger partial charge in [-0.2, -0.15) is 0 Å². The Hall–Kier alpha value is -3.96. The van der Waals surface area contributed by atoms with Crippen LogP contribution in [0, 0.1) is 41.5 Å². The van der Waals surface area contributed by atoms with Gasteiger partial charge in [0.2, 0.25) is 0 Å². The minimum atomic E-state index is 0.151. The predicted molar refractivity (Wildman–Crippen MR) is 155 cm³/mol. The average Bonchev–Trinajstić information content (AvgIpc) is 2.85. The van der Waals surface area contributed by atoms with Gasteiger partial charge < -0.3 is 25.2 Å². The van der Waals surface area contributed by atoms with Gasteiger partial charge in [-0.25, -0.2) is 0 Å². The van der Waals surface area contributed by atoms with Crippen molar-refractivity contribution in [3.63, 3.8) is 0 Å². The summed E-state index contributed by atoms with van der Waals surface area (Å²) in [5.41, 5.74) is 10.0. The summed E-state index contributed by atoms with van der Waals surface area (Å²) in [4.78, 5) is 0. The van der Waals surface area contributed by atoms with E-state index in [0.717, 1.165) is 55.6 Å². The van der Waals surface area contributed by atoms with Crippen molar-refractivity contribution in [2.45, 2.75) is 67.6 Å². The van der Waals surface area contributed by atoms with Crippen molar-refractivity contribution in [1.29, 1.82) is 0 Å². The molecule has 4 rings (SSSR count). The standard InChI is InChI=1S/C34H38O5/c1-19-7-23(5)31(35)25(9-19)15-27-11-21(3)13-29(33(27)37)17-39-18-30-14-22(4)12-28(34(30)38)16-26-10-20(2)8-24(6)32(26)36/h7-14,35-38H,15-18H2,1-6H3. The van der Waals surface area contributed by atoms with Crippen LogP contribution in [0.3, 0.4) is 0 Å². The fraction of sp³-hybridized carbons (Fsp3) is 0.294. The van der Waals surface area contributed by atoms with E-state index in [1.807, 2.05) is 90.1 Å². The number of rotatable bonds is 8. The number of aromatic hydroxyl groups is 4. The molecular weight excluding hydrogens is 488 g/mol. The van der Waals surface area contributed by atoms with E-state index in [9.17, 15) is 20.4 Å². The first-order valence-electron chi connectivity index (χ1n) is 13.2. The molecule has 39 heavy (non-hydrogen) atoms. The molecule has 204 valence electrons. The molecule has 4 aromatic rings. The summed E-state index contributed by atoms with van der Waals surface area (Å²) >= 11 is 0. The highest BCUT2D eigenvalue weighted by Gasteiger charge is 2.16. The summed E-state index contributed by atoms with van der Waals surface area (Å²) in [6, 6.07) is 15.4. The monoisotopic (exact) mass is 526 g/mol. The maximum Gasteiger partial charge on any atom is 0.124 e. The first-order valence-corrected chi connectivity index (χ1v) is 13.2. The molecule has 0 aromatic heterocycles. The third kappa shape index (κ3) is 6.37. The number of aryl methyl sites for hydroxylation is 6. The molecule has 4 aromatic carbocycles. The third-order valence-corrected chi connectivity index (χ3v) is 7.15. The van der Waals surface area contributed by atoms with Crippen LogP contribution in [0.2, 0.25) is 0 Å². The Morgan fingerprint density at radius 1 is 0.410 bits per heavy atom. The van der Waals surface area contributed by atoms with Crippen LogP contribution in [0.1, 0.15) is 66.8 Å². The lowest BCUT2D eigenvalue weighted by Crippen LogP contribution is -2.01. The second-order valence-electron chi connectivity index (χ2n) is 10.9. The molecular formula is C34H38O5. The lowest BCUT2D eigenvalue weighted by Gasteiger charge is -2.16. The van der Waals surface area contributed by atoms with Crippen LogP contribution >= 0.6 is 0 Å². The Balaban J connectivity index is 1.52. The SMILES string of the molecule is Cc1cc(C)c(O)c(Cc2cc(C)cc(COCc3cc(C)cc(Cc4cc(C)cc(C)c4O)c3O)c2O)c1. The minimum Gasteiger partial charge on any atom is -0.507 e. The van der Waals surface area contributed by atoms with Gasteiger partial charge in [-0.05, 0) is 74.9 Å². The number of benzene rings is 4. The summed E-state index contributed by atoms with van der Waals surface area (Å²) in [6.45, 7) is 12.0. The molecule has 0 atom stereocenters. The van der Waals surface area contributed by atoms with Gasteiger partial charge >= 0.3 is 0 Å². The molecule has 0 bridgehead atoms. The van der Waals surface area contributed by atoms with E-state index in [2.05, 4.69) is 0 Å². The fourth-order valence-corrected chi connectivity index (χ4v) is 5.40. The first-order chi connectivity index (χ1) is 18.4. The molecule has 0 saturated heterocycles. The van der Waals surface area contributed by atoms with Crippen molar-refractivity contribution in [3.8, 4) is 23.0 Å². The van der Waals surface area contributed by atoms with Crippen LogP contribution in [-0.4, -0.2) is 20.4 Å². The maximum atomic E-state index is 11.0. The van der Waals surface area contributed by atoms with Crippen molar-refractivity contribution >= 4 is 0 Å². The van der Waals surface area contributed by atoms with Gasteiger partial charge in [0.15, 0.2) is 0 Å². The van der Waals surface area contributed by atoms with Gasteiger partial charge in [0, 0.05) is 24.0 Å². The molecule has 0 spiro atoms. The average molecular weight is 527 g/mol. The van der Waals surface area contributed by atoms with Crippen LogP contribution in [-0.2, 0) is 30.8 Å². The number of phenolic OH excluding ortho intramolecular Hbond substituents is 4. The zero-order valence-corrected chi connectivity index (χ0v) is 23.6. The van der Waals surface area contributed by atoms with Gasteiger partial charge in [0.25, 0.3) is 0 Å². The predicted octanol–water partition coefficient (Wildman–Crippen LogP) is 7.26. The molecule has 5 heteroatoms. The van der Waals surface area contributed by atoms with E-state index in [4.69, 9.17) is 4.74 Å². The van der Waals surface area contributed by atoms with Gasteiger partial charge in [-0.3, -0.25) is 0 Å². The zero-order valence-electron chi connectivity index (χ0n) is 23.6. The Morgan fingerprint density at radius 3 is 1.05 bits per heavy atom. The minimum absolute atomic E-state index is 0.151. The van der Waals surface area contributed by atoms with E-state index in [1.54, 1.807) is 0 Å². The Bertz CT molecular complexity index is 1420. The van der Waals surface area contributed by atoms with Crippen LogP contribution in [0.15, 0.2) is 48.5 Å². The van der Waals surface area contributed by atoms with E-state index in [1.165, 1.54) is 0 Å². The third-order valence-electron chi connectivity index (χ3n) is 7.15.